The number of nitrogens with zero attached hydrogens (tertiary/aromatic N) is 3. The number of aryl methyl sites for hydroxylation is 1. The van der Waals surface area contributed by atoms with Gasteiger partial charge in [0.15, 0.2) is 0 Å². The van der Waals surface area contributed by atoms with Gasteiger partial charge in [0.2, 0.25) is 0 Å². The van der Waals surface area contributed by atoms with Crippen LogP contribution in [-0.4, -0.2) is 28.1 Å². The third-order valence-corrected chi connectivity index (χ3v) is 2.38. The molecule has 0 atom stereocenters. The minimum Gasteiger partial charge on any atom is -0.375 e. The molecule has 1 aromatic rings. The number of ether oxygens (including phenoxy) is 1. The summed E-state index contributed by atoms with van der Waals surface area (Å²) in [4.78, 5) is 0. The largest absolute Gasteiger partial charge is 0.375 e. The molecule has 1 aliphatic heterocycles. The fourth-order valence-corrected chi connectivity index (χ4v) is 1.61. The summed E-state index contributed by atoms with van der Waals surface area (Å²) in [6.45, 7) is 6.15. The normalized spacial score (nSPS) is 16.4. The van der Waals surface area contributed by atoms with E-state index in [4.69, 9.17) is 4.74 Å². The van der Waals surface area contributed by atoms with Crippen LogP contribution in [0.3, 0.4) is 0 Å². The third kappa shape index (κ3) is 1.93. The van der Waals surface area contributed by atoms with Gasteiger partial charge in [-0.1, -0.05) is 5.21 Å². The van der Waals surface area contributed by atoms with Crippen molar-refractivity contribution in [2.45, 2.75) is 33.0 Å². The van der Waals surface area contributed by atoms with Gasteiger partial charge in [0.05, 0.1) is 12.3 Å². The molecular formula is C9H16N4O. The summed E-state index contributed by atoms with van der Waals surface area (Å²) in [5, 5.41) is 11.6. The highest BCUT2D eigenvalue weighted by atomic mass is 16.5. The van der Waals surface area contributed by atoms with E-state index in [1.165, 1.54) is 5.69 Å². The first-order chi connectivity index (χ1) is 6.92. The standard InChI is InChI=1S/C9H16N4O/c1-2-14-7-8-9-6-10-4-3-5-13(9)12-11-8/h10H,2-7H2,1H3. The Morgan fingerprint density at radius 1 is 1.57 bits per heavy atom. The molecule has 2 heterocycles. The number of nitrogens with one attached hydrogen (secondary N) is 1. The highest BCUT2D eigenvalue weighted by Crippen LogP contribution is 2.09. The summed E-state index contributed by atoms with van der Waals surface area (Å²) in [6.07, 6.45) is 1.12. The van der Waals surface area contributed by atoms with Gasteiger partial charge in [-0.25, -0.2) is 4.68 Å². The highest BCUT2D eigenvalue weighted by molar-refractivity contribution is 5.09. The molecule has 0 bridgehead atoms. The average molecular weight is 196 g/mol. The number of fused-ring (bicyclic) bond motifs is 1. The average Bonchev–Trinajstić information content (AvgIpc) is 2.45. The summed E-state index contributed by atoms with van der Waals surface area (Å²) < 4.78 is 7.32. The molecule has 0 aromatic carbocycles. The lowest BCUT2D eigenvalue weighted by molar-refractivity contribution is 0.130. The first kappa shape index (κ1) is 9.61. The summed E-state index contributed by atoms with van der Waals surface area (Å²) in [7, 11) is 0. The van der Waals surface area contributed by atoms with E-state index >= 15 is 0 Å². The maximum Gasteiger partial charge on any atom is 0.113 e. The molecule has 0 saturated carbocycles. The van der Waals surface area contributed by atoms with E-state index in [0.29, 0.717) is 6.61 Å². The number of hydrogen-bond acceptors (Lipinski definition) is 4. The van der Waals surface area contributed by atoms with Crippen LogP contribution in [0.4, 0.5) is 0 Å². The van der Waals surface area contributed by atoms with Crippen LogP contribution in [0.2, 0.25) is 0 Å². The molecule has 1 aliphatic rings. The Hall–Kier alpha value is -0.940. The van der Waals surface area contributed by atoms with Gasteiger partial charge in [0.1, 0.15) is 5.69 Å². The van der Waals surface area contributed by atoms with Gasteiger partial charge in [0, 0.05) is 19.7 Å². The summed E-state index contributed by atoms with van der Waals surface area (Å²) >= 11 is 0. The van der Waals surface area contributed by atoms with Crippen LogP contribution < -0.4 is 5.32 Å². The van der Waals surface area contributed by atoms with Gasteiger partial charge in [0.25, 0.3) is 0 Å². The number of rotatable bonds is 3. The predicted molar refractivity (Wildman–Crippen MR) is 51.7 cm³/mol. The van der Waals surface area contributed by atoms with E-state index in [-0.39, 0.29) is 0 Å². The Balaban J connectivity index is 2.12. The topological polar surface area (TPSA) is 52.0 Å². The van der Waals surface area contributed by atoms with Gasteiger partial charge in [-0.3, -0.25) is 0 Å². The van der Waals surface area contributed by atoms with Crippen LogP contribution in [0.1, 0.15) is 24.7 Å². The molecule has 0 amide bonds. The molecule has 0 saturated heterocycles. The van der Waals surface area contributed by atoms with E-state index in [9.17, 15) is 0 Å². The Morgan fingerprint density at radius 3 is 3.36 bits per heavy atom. The van der Waals surface area contributed by atoms with Crippen LogP contribution in [0.15, 0.2) is 0 Å². The second-order valence-electron chi connectivity index (χ2n) is 3.37. The molecule has 78 valence electrons. The monoisotopic (exact) mass is 196 g/mol. The Bertz CT molecular complexity index is 297. The fourth-order valence-electron chi connectivity index (χ4n) is 1.61. The lowest BCUT2D eigenvalue weighted by Crippen LogP contribution is -2.13. The minimum absolute atomic E-state index is 0.577. The third-order valence-electron chi connectivity index (χ3n) is 2.38. The van der Waals surface area contributed by atoms with Gasteiger partial charge in [-0.2, -0.15) is 0 Å². The first-order valence-electron chi connectivity index (χ1n) is 5.11. The fraction of sp³-hybridized carbons (Fsp3) is 0.778. The molecule has 5 nitrogen and oxygen atoms in total. The van der Waals surface area contributed by atoms with E-state index in [1.54, 1.807) is 0 Å². The number of hydrogen-bond donors (Lipinski definition) is 1. The second kappa shape index (κ2) is 4.52. The first-order valence-corrected chi connectivity index (χ1v) is 5.11. The van der Waals surface area contributed by atoms with Crippen molar-refractivity contribution in [1.82, 2.24) is 20.3 Å². The Kier molecular flexibility index (Phi) is 3.10. The zero-order chi connectivity index (χ0) is 9.80. The molecule has 0 radical (unpaired) electrons. The van der Waals surface area contributed by atoms with Crippen molar-refractivity contribution < 1.29 is 4.74 Å². The van der Waals surface area contributed by atoms with E-state index in [0.717, 1.165) is 38.4 Å². The second-order valence-corrected chi connectivity index (χ2v) is 3.37. The molecule has 0 unspecified atom stereocenters. The molecule has 0 fully saturated rings. The van der Waals surface area contributed by atoms with Crippen molar-refractivity contribution >= 4 is 0 Å². The zero-order valence-electron chi connectivity index (χ0n) is 8.49. The van der Waals surface area contributed by atoms with Crippen LogP contribution in [0, 0.1) is 0 Å². The Labute approximate surface area is 83.4 Å². The molecule has 0 spiro atoms. The molecule has 14 heavy (non-hydrogen) atoms. The maximum absolute atomic E-state index is 5.34. The zero-order valence-corrected chi connectivity index (χ0v) is 8.49. The van der Waals surface area contributed by atoms with Crippen molar-refractivity contribution in [3.05, 3.63) is 11.4 Å². The van der Waals surface area contributed by atoms with Crippen LogP contribution in [-0.2, 0) is 24.4 Å². The minimum atomic E-state index is 0.577. The van der Waals surface area contributed by atoms with Crippen LogP contribution in [0.25, 0.3) is 0 Å². The van der Waals surface area contributed by atoms with Crippen molar-refractivity contribution in [1.29, 1.82) is 0 Å². The Morgan fingerprint density at radius 2 is 2.50 bits per heavy atom. The van der Waals surface area contributed by atoms with Gasteiger partial charge < -0.3 is 10.1 Å². The van der Waals surface area contributed by atoms with Gasteiger partial charge >= 0.3 is 0 Å². The lowest BCUT2D eigenvalue weighted by atomic mass is 10.3. The molecule has 1 aromatic heterocycles. The van der Waals surface area contributed by atoms with Gasteiger partial charge in [-0.05, 0) is 19.9 Å². The molecule has 2 rings (SSSR count). The highest BCUT2D eigenvalue weighted by Gasteiger charge is 2.14. The van der Waals surface area contributed by atoms with E-state index < -0.39 is 0 Å². The smallest absolute Gasteiger partial charge is 0.113 e. The molecular weight excluding hydrogens is 180 g/mol. The predicted octanol–water partition coefficient (Wildman–Crippen LogP) is 0.308. The lowest BCUT2D eigenvalue weighted by Gasteiger charge is -2.02. The van der Waals surface area contributed by atoms with Crippen molar-refractivity contribution in [3.8, 4) is 0 Å². The van der Waals surface area contributed by atoms with Crippen molar-refractivity contribution in [2.75, 3.05) is 13.2 Å². The molecule has 1 N–H and O–H groups in total. The number of aromatic nitrogens is 3. The maximum atomic E-state index is 5.34. The van der Waals surface area contributed by atoms with E-state index in [1.807, 2.05) is 11.6 Å². The summed E-state index contributed by atoms with van der Waals surface area (Å²) in [6, 6.07) is 0. The van der Waals surface area contributed by atoms with Crippen molar-refractivity contribution in [3.63, 3.8) is 0 Å². The molecule has 0 aliphatic carbocycles. The summed E-state index contributed by atoms with van der Waals surface area (Å²) in [5.74, 6) is 0. The quantitative estimate of drug-likeness (QED) is 0.756. The van der Waals surface area contributed by atoms with Crippen molar-refractivity contribution in [2.24, 2.45) is 0 Å². The summed E-state index contributed by atoms with van der Waals surface area (Å²) in [5.41, 5.74) is 2.15. The van der Waals surface area contributed by atoms with Gasteiger partial charge in [-0.15, -0.1) is 5.10 Å². The van der Waals surface area contributed by atoms with E-state index in [2.05, 4.69) is 15.6 Å². The SMILES string of the molecule is CCOCc1nnn2c1CNCCC2. The van der Waals surface area contributed by atoms with Crippen LogP contribution in [0.5, 0.6) is 0 Å². The van der Waals surface area contributed by atoms with Crippen LogP contribution >= 0.6 is 0 Å². The molecule has 5 heteroatoms.